The molecular formula is C14H8ClF3N2S. The average Bonchev–Trinajstić information content (AvgIpc) is 2.79. The van der Waals surface area contributed by atoms with E-state index in [0.29, 0.717) is 15.7 Å². The predicted molar refractivity (Wildman–Crippen MR) is 79.4 cm³/mol. The molecule has 3 rings (SSSR count). The smallest absolute Gasteiger partial charge is 0.331 e. The second kappa shape index (κ2) is 5.20. The van der Waals surface area contributed by atoms with Crippen molar-refractivity contribution >= 4 is 44.0 Å². The molecule has 1 N–H and O–H groups in total. The zero-order valence-corrected chi connectivity index (χ0v) is 12.0. The highest BCUT2D eigenvalue weighted by molar-refractivity contribution is 7.22. The van der Waals surface area contributed by atoms with Gasteiger partial charge in [-0.1, -0.05) is 35.1 Å². The minimum absolute atomic E-state index is 0.0184. The van der Waals surface area contributed by atoms with Gasteiger partial charge in [-0.15, -0.1) is 0 Å². The molecule has 0 saturated heterocycles. The van der Waals surface area contributed by atoms with E-state index in [-0.39, 0.29) is 5.69 Å². The third kappa shape index (κ3) is 2.96. The summed E-state index contributed by atoms with van der Waals surface area (Å²) in [5, 5.41) is 3.66. The fourth-order valence-corrected chi connectivity index (χ4v) is 2.93. The monoisotopic (exact) mass is 328 g/mol. The van der Waals surface area contributed by atoms with E-state index in [4.69, 9.17) is 11.6 Å². The number of nitrogens with one attached hydrogen (secondary N) is 1. The summed E-state index contributed by atoms with van der Waals surface area (Å²) in [4.78, 5) is 4.25. The molecule has 21 heavy (non-hydrogen) atoms. The van der Waals surface area contributed by atoms with Crippen LogP contribution >= 0.6 is 22.9 Å². The fraction of sp³-hybridized carbons (Fsp3) is 0.0714. The van der Waals surface area contributed by atoms with E-state index in [1.165, 1.54) is 23.5 Å². The van der Waals surface area contributed by atoms with Crippen molar-refractivity contribution < 1.29 is 13.2 Å². The predicted octanol–water partition coefficient (Wildman–Crippen LogP) is 5.71. The van der Waals surface area contributed by atoms with E-state index in [9.17, 15) is 13.2 Å². The first kappa shape index (κ1) is 14.2. The number of benzene rings is 2. The largest absolute Gasteiger partial charge is 0.418 e. The number of aromatic nitrogens is 1. The summed E-state index contributed by atoms with van der Waals surface area (Å²) < 4.78 is 39.7. The second-order valence-electron chi connectivity index (χ2n) is 4.30. The number of fused-ring (bicyclic) bond motifs is 1. The lowest BCUT2D eigenvalue weighted by molar-refractivity contribution is -0.136. The minimum atomic E-state index is -4.41. The number of thiazole rings is 1. The quantitative estimate of drug-likeness (QED) is 0.651. The SMILES string of the molecule is FC(F)(F)c1ccccc1Nc1nc2cc(Cl)ccc2s1. The summed E-state index contributed by atoms with van der Waals surface area (Å²) in [7, 11) is 0. The summed E-state index contributed by atoms with van der Waals surface area (Å²) in [6, 6.07) is 10.5. The van der Waals surface area contributed by atoms with Crippen LogP contribution in [0.2, 0.25) is 5.02 Å². The number of para-hydroxylation sites is 1. The number of nitrogens with zero attached hydrogens (tertiary/aromatic N) is 1. The molecule has 0 fully saturated rings. The van der Waals surface area contributed by atoms with Crippen LogP contribution in [-0.2, 0) is 6.18 Å². The molecule has 0 aliphatic rings. The highest BCUT2D eigenvalue weighted by Gasteiger charge is 2.33. The van der Waals surface area contributed by atoms with Crippen molar-refractivity contribution in [3.63, 3.8) is 0 Å². The first-order valence-electron chi connectivity index (χ1n) is 5.93. The van der Waals surface area contributed by atoms with E-state index >= 15 is 0 Å². The van der Waals surface area contributed by atoms with Gasteiger partial charge in [-0.25, -0.2) is 4.98 Å². The van der Waals surface area contributed by atoms with Crippen LogP contribution in [0, 0.1) is 0 Å². The van der Waals surface area contributed by atoms with Crippen LogP contribution in [-0.4, -0.2) is 4.98 Å². The topological polar surface area (TPSA) is 24.9 Å². The van der Waals surface area contributed by atoms with Crippen molar-refractivity contribution in [2.75, 3.05) is 5.32 Å². The molecule has 0 atom stereocenters. The van der Waals surface area contributed by atoms with Crippen molar-refractivity contribution in [2.24, 2.45) is 0 Å². The molecule has 0 amide bonds. The Bertz CT molecular complexity index is 798. The molecule has 0 aliphatic carbocycles. The Hall–Kier alpha value is -1.79. The van der Waals surface area contributed by atoms with Crippen LogP contribution in [0.5, 0.6) is 0 Å². The van der Waals surface area contributed by atoms with Crippen molar-refractivity contribution in [3.8, 4) is 0 Å². The first-order chi connectivity index (χ1) is 9.93. The van der Waals surface area contributed by atoms with Gasteiger partial charge in [0.1, 0.15) is 0 Å². The molecule has 0 bridgehead atoms. The molecule has 0 saturated carbocycles. The summed E-state index contributed by atoms with van der Waals surface area (Å²) >= 11 is 7.14. The van der Waals surface area contributed by atoms with E-state index in [0.717, 1.165) is 10.8 Å². The van der Waals surface area contributed by atoms with E-state index in [1.807, 2.05) is 0 Å². The third-order valence-electron chi connectivity index (χ3n) is 2.82. The van der Waals surface area contributed by atoms with Crippen molar-refractivity contribution in [1.29, 1.82) is 0 Å². The summed E-state index contributed by atoms with van der Waals surface area (Å²) in [6.45, 7) is 0. The van der Waals surface area contributed by atoms with Gasteiger partial charge in [-0.05, 0) is 30.3 Å². The minimum Gasteiger partial charge on any atom is -0.331 e. The van der Waals surface area contributed by atoms with E-state index in [1.54, 1.807) is 24.3 Å². The lowest BCUT2D eigenvalue weighted by Gasteiger charge is -2.12. The number of anilines is 2. The average molecular weight is 329 g/mol. The third-order valence-corrected chi connectivity index (χ3v) is 4.01. The molecular weight excluding hydrogens is 321 g/mol. The van der Waals surface area contributed by atoms with Crippen LogP contribution < -0.4 is 5.32 Å². The first-order valence-corrected chi connectivity index (χ1v) is 7.12. The van der Waals surface area contributed by atoms with Crippen LogP contribution in [0.4, 0.5) is 24.0 Å². The molecule has 0 aliphatic heterocycles. The molecule has 1 aromatic heterocycles. The van der Waals surface area contributed by atoms with Gasteiger partial charge in [0, 0.05) is 5.02 Å². The van der Waals surface area contributed by atoms with Gasteiger partial charge in [0.2, 0.25) is 0 Å². The lowest BCUT2D eigenvalue weighted by Crippen LogP contribution is -2.08. The second-order valence-corrected chi connectivity index (χ2v) is 5.77. The maximum absolute atomic E-state index is 12.9. The van der Waals surface area contributed by atoms with Crippen LogP contribution in [0.15, 0.2) is 42.5 Å². The van der Waals surface area contributed by atoms with E-state index < -0.39 is 11.7 Å². The van der Waals surface area contributed by atoms with Crippen LogP contribution in [0.25, 0.3) is 10.2 Å². The zero-order valence-electron chi connectivity index (χ0n) is 10.4. The fourth-order valence-electron chi connectivity index (χ4n) is 1.91. The Morgan fingerprint density at radius 1 is 1.10 bits per heavy atom. The molecule has 2 nitrogen and oxygen atoms in total. The van der Waals surface area contributed by atoms with E-state index in [2.05, 4.69) is 10.3 Å². The van der Waals surface area contributed by atoms with Crippen molar-refractivity contribution in [2.45, 2.75) is 6.18 Å². The van der Waals surface area contributed by atoms with Gasteiger partial charge in [-0.3, -0.25) is 0 Å². The standard InChI is InChI=1S/C14H8ClF3N2S/c15-8-5-6-12-11(7-8)20-13(21-12)19-10-4-2-1-3-9(10)14(16,17)18/h1-7H,(H,19,20). The summed E-state index contributed by atoms with van der Waals surface area (Å²) in [5.74, 6) is 0. The van der Waals surface area contributed by atoms with Crippen molar-refractivity contribution in [3.05, 3.63) is 53.1 Å². The molecule has 2 aromatic carbocycles. The highest BCUT2D eigenvalue weighted by atomic mass is 35.5. The van der Waals surface area contributed by atoms with Gasteiger partial charge in [0.15, 0.2) is 5.13 Å². The van der Waals surface area contributed by atoms with Gasteiger partial charge in [-0.2, -0.15) is 13.2 Å². The Labute approximate surface area is 127 Å². The Balaban J connectivity index is 1.99. The summed E-state index contributed by atoms with van der Waals surface area (Å²) in [5.41, 5.74) is -0.0862. The number of hydrogen-bond acceptors (Lipinski definition) is 3. The molecule has 1 heterocycles. The number of halogens is 4. The van der Waals surface area contributed by atoms with Crippen molar-refractivity contribution in [1.82, 2.24) is 4.98 Å². The maximum atomic E-state index is 12.9. The molecule has 0 radical (unpaired) electrons. The van der Waals surface area contributed by atoms with Gasteiger partial charge >= 0.3 is 6.18 Å². The molecule has 7 heteroatoms. The Morgan fingerprint density at radius 3 is 2.62 bits per heavy atom. The van der Waals surface area contributed by atoms with Gasteiger partial charge in [0.25, 0.3) is 0 Å². The summed E-state index contributed by atoms with van der Waals surface area (Å²) in [6.07, 6.45) is -4.41. The molecule has 3 aromatic rings. The normalized spacial score (nSPS) is 11.8. The Morgan fingerprint density at radius 2 is 1.86 bits per heavy atom. The highest BCUT2D eigenvalue weighted by Crippen LogP contribution is 2.37. The van der Waals surface area contributed by atoms with Gasteiger partial charge in [0.05, 0.1) is 21.5 Å². The van der Waals surface area contributed by atoms with Gasteiger partial charge < -0.3 is 5.32 Å². The maximum Gasteiger partial charge on any atom is 0.418 e. The molecule has 108 valence electrons. The molecule has 0 spiro atoms. The number of hydrogen-bond donors (Lipinski definition) is 1. The van der Waals surface area contributed by atoms with Crippen LogP contribution in [0.3, 0.4) is 0 Å². The lowest BCUT2D eigenvalue weighted by atomic mass is 10.2. The number of rotatable bonds is 2. The van der Waals surface area contributed by atoms with Crippen LogP contribution in [0.1, 0.15) is 5.56 Å². The number of alkyl halides is 3. The zero-order chi connectivity index (χ0) is 15.0. The Kier molecular flexibility index (Phi) is 3.51. The molecule has 0 unspecified atom stereocenters.